The standard InChI is InChI=1S/C15H21NO/c1-16-10-13-6-4-8-15(13,11-16)12-5-3-7-14(9-12)17-2/h3,5,7,9,13H,4,6,8,10-11H2,1-2H3/t13-,15+/m0/s1. The quantitative estimate of drug-likeness (QED) is 0.776. The Labute approximate surface area is 104 Å². The van der Waals surface area contributed by atoms with Gasteiger partial charge in [0.15, 0.2) is 0 Å². The minimum atomic E-state index is 0.406. The third-order valence-electron chi connectivity index (χ3n) is 4.69. The maximum atomic E-state index is 5.37. The topological polar surface area (TPSA) is 12.5 Å². The molecule has 2 atom stereocenters. The molecule has 92 valence electrons. The van der Waals surface area contributed by atoms with Crippen molar-refractivity contribution in [3.05, 3.63) is 29.8 Å². The summed E-state index contributed by atoms with van der Waals surface area (Å²) in [5.41, 5.74) is 1.90. The van der Waals surface area contributed by atoms with Crippen LogP contribution in [0.4, 0.5) is 0 Å². The Kier molecular flexibility index (Phi) is 2.62. The lowest BCUT2D eigenvalue weighted by atomic mass is 9.74. The molecule has 0 bridgehead atoms. The SMILES string of the molecule is COc1cccc([C@]23CCC[C@H]2CN(C)C3)c1. The zero-order chi connectivity index (χ0) is 11.9. The summed E-state index contributed by atoms with van der Waals surface area (Å²) in [6, 6.07) is 8.72. The summed E-state index contributed by atoms with van der Waals surface area (Å²) in [5, 5.41) is 0. The van der Waals surface area contributed by atoms with E-state index in [0.717, 1.165) is 11.7 Å². The normalized spacial score (nSPS) is 32.7. The van der Waals surface area contributed by atoms with Crippen LogP contribution < -0.4 is 4.74 Å². The summed E-state index contributed by atoms with van der Waals surface area (Å²) in [4.78, 5) is 2.49. The Hall–Kier alpha value is -1.02. The molecule has 1 saturated heterocycles. The molecule has 1 aliphatic heterocycles. The summed E-state index contributed by atoms with van der Waals surface area (Å²) in [6.07, 6.45) is 4.12. The molecule has 1 saturated carbocycles. The highest BCUT2D eigenvalue weighted by Gasteiger charge is 2.49. The van der Waals surface area contributed by atoms with Gasteiger partial charge in [0.25, 0.3) is 0 Å². The van der Waals surface area contributed by atoms with Crippen LogP contribution in [0.5, 0.6) is 5.75 Å². The van der Waals surface area contributed by atoms with Crippen molar-refractivity contribution >= 4 is 0 Å². The van der Waals surface area contributed by atoms with Crippen LogP contribution in [0.2, 0.25) is 0 Å². The Morgan fingerprint density at radius 2 is 2.29 bits per heavy atom. The van der Waals surface area contributed by atoms with Gasteiger partial charge in [0.2, 0.25) is 0 Å². The zero-order valence-corrected chi connectivity index (χ0v) is 10.8. The van der Waals surface area contributed by atoms with Crippen molar-refractivity contribution in [3.8, 4) is 5.75 Å². The van der Waals surface area contributed by atoms with E-state index in [-0.39, 0.29) is 0 Å². The van der Waals surface area contributed by atoms with Crippen LogP contribution in [-0.4, -0.2) is 32.1 Å². The lowest BCUT2D eigenvalue weighted by molar-refractivity contribution is 0.357. The minimum absolute atomic E-state index is 0.406. The number of hydrogen-bond acceptors (Lipinski definition) is 2. The molecule has 2 heteroatoms. The molecule has 1 aromatic rings. The van der Waals surface area contributed by atoms with E-state index in [4.69, 9.17) is 4.74 Å². The number of likely N-dealkylation sites (N-methyl/N-ethyl adjacent to an activating group) is 1. The number of fused-ring (bicyclic) bond motifs is 1. The van der Waals surface area contributed by atoms with E-state index in [0.29, 0.717) is 5.41 Å². The average Bonchev–Trinajstić information content (AvgIpc) is 2.86. The van der Waals surface area contributed by atoms with Gasteiger partial charge in [-0.3, -0.25) is 0 Å². The monoisotopic (exact) mass is 231 g/mol. The van der Waals surface area contributed by atoms with Gasteiger partial charge in [-0.05, 0) is 43.5 Å². The second-order valence-electron chi connectivity index (χ2n) is 5.67. The molecule has 2 nitrogen and oxygen atoms in total. The Morgan fingerprint density at radius 3 is 3.12 bits per heavy atom. The van der Waals surface area contributed by atoms with Crippen molar-refractivity contribution in [2.24, 2.45) is 5.92 Å². The number of nitrogens with zero attached hydrogens (tertiary/aromatic N) is 1. The molecule has 1 heterocycles. The number of hydrogen-bond donors (Lipinski definition) is 0. The summed E-state index contributed by atoms with van der Waals surface area (Å²) < 4.78 is 5.37. The first kappa shape index (κ1) is 11.1. The van der Waals surface area contributed by atoms with Gasteiger partial charge in [-0.25, -0.2) is 0 Å². The van der Waals surface area contributed by atoms with Crippen molar-refractivity contribution in [1.29, 1.82) is 0 Å². The molecule has 0 unspecified atom stereocenters. The van der Waals surface area contributed by atoms with E-state index in [9.17, 15) is 0 Å². The molecule has 0 aromatic heterocycles. The number of likely N-dealkylation sites (tertiary alicyclic amines) is 1. The number of methoxy groups -OCH3 is 1. The van der Waals surface area contributed by atoms with E-state index in [1.807, 2.05) is 6.07 Å². The molecule has 1 aromatic carbocycles. The molecule has 0 N–H and O–H groups in total. The molecular weight excluding hydrogens is 210 g/mol. The molecule has 2 aliphatic rings. The van der Waals surface area contributed by atoms with Gasteiger partial charge >= 0.3 is 0 Å². The lowest BCUT2D eigenvalue weighted by Gasteiger charge is -2.29. The molecule has 0 amide bonds. The van der Waals surface area contributed by atoms with Gasteiger partial charge in [-0.2, -0.15) is 0 Å². The Bertz CT molecular complexity index is 417. The second kappa shape index (κ2) is 4.02. The van der Waals surface area contributed by atoms with E-state index < -0.39 is 0 Å². The maximum Gasteiger partial charge on any atom is 0.119 e. The van der Waals surface area contributed by atoms with E-state index in [2.05, 4.69) is 30.1 Å². The van der Waals surface area contributed by atoms with Crippen LogP contribution in [0, 0.1) is 5.92 Å². The fraction of sp³-hybridized carbons (Fsp3) is 0.600. The molecule has 0 radical (unpaired) electrons. The molecule has 17 heavy (non-hydrogen) atoms. The molecule has 1 aliphatic carbocycles. The first-order valence-corrected chi connectivity index (χ1v) is 6.58. The van der Waals surface area contributed by atoms with Crippen LogP contribution in [0.3, 0.4) is 0 Å². The van der Waals surface area contributed by atoms with Crippen molar-refractivity contribution in [1.82, 2.24) is 4.90 Å². The Morgan fingerprint density at radius 1 is 1.41 bits per heavy atom. The van der Waals surface area contributed by atoms with Gasteiger partial charge < -0.3 is 9.64 Å². The van der Waals surface area contributed by atoms with Crippen molar-refractivity contribution in [2.75, 3.05) is 27.2 Å². The Balaban J connectivity index is 2.00. The summed E-state index contributed by atoms with van der Waals surface area (Å²) in [7, 11) is 4.00. The first-order chi connectivity index (χ1) is 8.24. The lowest BCUT2D eigenvalue weighted by Crippen LogP contribution is -2.31. The highest BCUT2D eigenvalue weighted by Crippen LogP contribution is 2.50. The van der Waals surface area contributed by atoms with Gasteiger partial charge in [-0.15, -0.1) is 0 Å². The number of ether oxygens (including phenoxy) is 1. The van der Waals surface area contributed by atoms with Crippen LogP contribution in [0.25, 0.3) is 0 Å². The summed E-state index contributed by atoms with van der Waals surface area (Å²) >= 11 is 0. The third kappa shape index (κ3) is 1.66. The highest BCUT2D eigenvalue weighted by molar-refractivity contribution is 5.37. The molecule has 0 spiro atoms. The highest BCUT2D eigenvalue weighted by atomic mass is 16.5. The zero-order valence-electron chi connectivity index (χ0n) is 10.8. The molecule has 2 fully saturated rings. The van der Waals surface area contributed by atoms with E-state index >= 15 is 0 Å². The predicted molar refractivity (Wildman–Crippen MR) is 69.5 cm³/mol. The van der Waals surface area contributed by atoms with Gasteiger partial charge in [-0.1, -0.05) is 18.6 Å². The van der Waals surface area contributed by atoms with Crippen LogP contribution >= 0.6 is 0 Å². The van der Waals surface area contributed by atoms with Crippen molar-refractivity contribution in [3.63, 3.8) is 0 Å². The minimum Gasteiger partial charge on any atom is -0.497 e. The van der Waals surface area contributed by atoms with E-state index in [1.54, 1.807) is 7.11 Å². The maximum absolute atomic E-state index is 5.37. The first-order valence-electron chi connectivity index (χ1n) is 6.58. The van der Waals surface area contributed by atoms with Crippen LogP contribution in [-0.2, 0) is 5.41 Å². The van der Waals surface area contributed by atoms with Crippen molar-refractivity contribution < 1.29 is 4.74 Å². The van der Waals surface area contributed by atoms with Crippen LogP contribution in [0.1, 0.15) is 24.8 Å². The smallest absolute Gasteiger partial charge is 0.119 e. The number of benzene rings is 1. The van der Waals surface area contributed by atoms with Gasteiger partial charge in [0.1, 0.15) is 5.75 Å². The van der Waals surface area contributed by atoms with E-state index in [1.165, 1.54) is 37.9 Å². The van der Waals surface area contributed by atoms with Crippen molar-refractivity contribution in [2.45, 2.75) is 24.7 Å². The second-order valence-corrected chi connectivity index (χ2v) is 5.67. The fourth-order valence-corrected chi connectivity index (χ4v) is 3.95. The largest absolute Gasteiger partial charge is 0.497 e. The summed E-state index contributed by atoms with van der Waals surface area (Å²) in [5.74, 6) is 1.84. The predicted octanol–water partition coefficient (Wildman–Crippen LogP) is 2.68. The summed E-state index contributed by atoms with van der Waals surface area (Å²) in [6.45, 7) is 2.47. The van der Waals surface area contributed by atoms with Crippen LogP contribution in [0.15, 0.2) is 24.3 Å². The third-order valence-corrected chi connectivity index (χ3v) is 4.69. The molecular formula is C15H21NO. The van der Waals surface area contributed by atoms with Gasteiger partial charge in [0, 0.05) is 18.5 Å². The fourth-order valence-electron chi connectivity index (χ4n) is 3.95. The van der Waals surface area contributed by atoms with Gasteiger partial charge in [0.05, 0.1) is 7.11 Å². The number of rotatable bonds is 2. The molecule has 3 rings (SSSR count). The average molecular weight is 231 g/mol.